The van der Waals surface area contributed by atoms with E-state index in [1.54, 1.807) is 0 Å². The van der Waals surface area contributed by atoms with E-state index >= 15 is 0 Å². The molecule has 0 radical (unpaired) electrons. The van der Waals surface area contributed by atoms with E-state index in [0.29, 0.717) is 5.75 Å². The van der Waals surface area contributed by atoms with Crippen LogP contribution in [0.4, 0.5) is 0 Å². The average Bonchev–Trinajstić information content (AvgIpc) is 2.67. The maximum Gasteiger partial charge on any atom is 0.343 e. The van der Waals surface area contributed by atoms with Gasteiger partial charge in [0.1, 0.15) is 5.75 Å². The van der Waals surface area contributed by atoms with Crippen LogP contribution in [0.25, 0.3) is 0 Å². The maximum atomic E-state index is 10.9. The van der Waals surface area contributed by atoms with Crippen molar-refractivity contribution in [1.29, 1.82) is 0 Å². The van der Waals surface area contributed by atoms with Gasteiger partial charge < -0.3 is 15.2 Å². The van der Waals surface area contributed by atoms with Crippen LogP contribution in [0.3, 0.4) is 0 Å². The molecule has 0 bridgehead atoms. The van der Waals surface area contributed by atoms with Crippen LogP contribution in [0, 0.1) is 0 Å². The normalized spacial score (nSPS) is 18.0. The second-order valence-electron chi connectivity index (χ2n) is 3.87. The quantitative estimate of drug-likeness (QED) is 0.779. The molecular formula is C12H15NO3. The first kappa shape index (κ1) is 11.0. The van der Waals surface area contributed by atoms with E-state index in [9.17, 15) is 4.79 Å². The van der Waals surface area contributed by atoms with E-state index in [0.717, 1.165) is 12.8 Å². The minimum atomic E-state index is -0.378. The van der Waals surface area contributed by atoms with Gasteiger partial charge >= 0.3 is 5.97 Å². The predicted molar refractivity (Wildman–Crippen MR) is 59.2 cm³/mol. The van der Waals surface area contributed by atoms with Crippen molar-refractivity contribution >= 4 is 5.97 Å². The van der Waals surface area contributed by atoms with Gasteiger partial charge in [-0.05, 0) is 36.1 Å². The molecule has 0 spiro atoms. The van der Waals surface area contributed by atoms with Gasteiger partial charge in [0, 0.05) is 6.04 Å². The fourth-order valence-electron chi connectivity index (χ4n) is 1.92. The van der Waals surface area contributed by atoms with Crippen LogP contribution in [0.1, 0.15) is 23.6 Å². The van der Waals surface area contributed by atoms with Gasteiger partial charge in [0.15, 0.2) is 6.61 Å². The summed E-state index contributed by atoms with van der Waals surface area (Å²) in [5.41, 5.74) is 8.33. The summed E-state index contributed by atoms with van der Waals surface area (Å²) in [7, 11) is 1.34. The van der Waals surface area contributed by atoms with Crippen LogP contribution in [-0.2, 0) is 16.0 Å². The van der Waals surface area contributed by atoms with Gasteiger partial charge in [-0.1, -0.05) is 6.07 Å². The Kier molecular flexibility index (Phi) is 3.10. The van der Waals surface area contributed by atoms with E-state index < -0.39 is 0 Å². The van der Waals surface area contributed by atoms with Crippen molar-refractivity contribution in [3.05, 3.63) is 29.3 Å². The summed E-state index contributed by atoms with van der Waals surface area (Å²) in [4.78, 5) is 10.9. The minimum Gasteiger partial charge on any atom is -0.482 e. The van der Waals surface area contributed by atoms with Crippen molar-refractivity contribution < 1.29 is 14.3 Å². The van der Waals surface area contributed by atoms with E-state index in [-0.39, 0.29) is 18.6 Å². The number of ether oxygens (including phenoxy) is 2. The highest BCUT2D eigenvalue weighted by molar-refractivity contribution is 5.70. The van der Waals surface area contributed by atoms with Gasteiger partial charge in [-0.2, -0.15) is 0 Å². The first-order valence-electron chi connectivity index (χ1n) is 5.28. The topological polar surface area (TPSA) is 61.5 Å². The monoisotopic (exact) mass is 221 g/mol. The largest absolute Gasteiger partial charge is 0.482 e. The first-order chi connectivity index (χ1) is 7.70. The Balaban J connectivity index is 2.05. The molecule has 0 fully saturated rings. The molecule has 1 aliphatic rings. The smallest absolute Gasteiger partial charge is 0.343 e. The number of aryl methyl sites for hydroxylation is 1. The van der Waals surface area contributed by atoms with Gasteiger partial charge in [0.25, 0.3) is 0 Å². The molecule has 0 heterocycles. The molecule has 0 saturated heterocycles. The minimum absolute atomic E-state index is 0.0542. The number of carbonyl (C=O) groups excluding carboxylic acids is 1. The van der Waals surface area contributed by atoms with Crippen LogP contribution >= 0.6 is 0 Å². The summed E-state index contributed by atoms with van der Waals surface area (Å²) in [6.07, 6.45) is 1.96. The van der Waals surface area contributed by atoms with Crippen molar-refractivity contribution in [2.45, 2.75) is 18.9 Å². The molecule has 0 aliphatic heterocycles. The fraction of sp³-hybridized carbons (Fsp3) is 0.417. The molecule has 1 aliphatic carbocycles. The Morgan fingerprint density at radius 2 is 2.38 bits per heavy atom. The lowest BCUT2D eigenvalue weighted by Gasteiger charge is -2.08. The molecule has 2 rings (SSSR count). The molecule has 1 aromatic rings. The summed E-state index contributed by atoms with van der Waals surface area (Å²) in [6.45, 7) is -0.0542. The number of fused-ring (bicyclic) bond motifs is 1. The molecule has 4 heteroatoms. The molecule has 0 saturated carbocycles. The third-order valence-corrected chi connectivity index (χ3v) is 2.82. The molecule has 16 heavy (non-hydrogen) atoms. The SMILES string of the molecule is COC(=O)COc1ccc2c(c1)CC[C@H]2N. The van der Waals surface area contributed by atoms with Crippen molar-refractivity contribution in [3.8, 4) is 5.75 Å². The van der Waals surface area contributed by atoms with Crippen LogP contribution in [0.5, 0.6) is 5.75 Å². The second-order valence-corrected chi connectivity index (χ2v) is 3.87. The lowest BCUT2D eigenvalue weighted by Crippen LogP contribution is -2.12. The summed E-state index contributed by atoms with van der Waals surface area (Å²) in [5.74, 6) is 0.315. The number of benzene rings is 1. The van der Waals surface area contributed by atoms with Crippen molar-refractivity contribution in [1.82, 2.24) is 0 Å². The zero-order chi connectivity index (χ0) is 11.5. The Bertz CT molecular complexity index is 403. The summed E-state index contributed by atoms with van der Waals surface area (Å²) in [6, 6.07) is 5.90. The Labute approximate surface area is 94.3 Å². The fourth-order valence-corrected chi connectivity index (χ4v) is 1.92. The van der Waals surface area contributed by atoms with Gasteiger partial charge in [0.05, 0.1) is 7.11 Å². The number of carbonyl (C=O) groups is 1. The van der Waals surface area contributed by atoms with Crippen LogP contribution < -0.4 is 10.5 Å². The Hall–Kier alpha value is -1.55. The van der Waals surface area contributed by atoms with Crippen LogP contribution in [-0.4, -0.2) is 19.7 Å². The highest BCUT2D eigenvalue weighted by Crippen LogP contribution is 2.31. The van der Waals surface area contributed by atoms with Gasteiger partial charge in [0.2, 0.25) is 0 Å². The van der Waals surface area contributed by atoms with Crippen LogP contribution in [0.2, 0.25) is 0 Å². The predicted octanol–water partition coefficient (Wildman–Crippen LogP) is 1.18. The first-order valence-corrected chi connectivity index (χ1v) is 5.28. The molecule has 0 aromatic heterocycles. The van der Waals surface area contributed by atoms with Gasteiger partial charge in [-0.25, -0.2) is 4.79 Å². The summed E-state index contributed by atoms with van der Waals surface area (Å²) in [5, 5.41) is 0. The third-order valence-electron chi connectivity index (χ3n) is 2.82. The number of nitrogens with two attached hydrogens (primary N) is 1. The highest BCUT2D eigenvalue weighted by Gasteiger charge is 2.19. The number of hydrogen-bond acceptors (Lipinski definition) is 4. The number of rotatable bonds is 3. The molecule has 1 atom stereocenters. The molecule has 1 aromatic carbocycles. The third kappa shape index (κ3) is 2.17. The maximum absolute atomic E-state index is 10.9. The zero-order valence-corrected chi connectivity index (χ0v) is 9.23. The Morgan fingerprint density at radius 3 is 3.12 bits per heavy atom. The lowest BCUT2D eigenvalue weighted by molar-refractivity contribution is -0.142. The van der Waals surface area contributed by atoms with Gasteiger partial charge in [-0.15, -0.1) is 0 Å². The molecule has 4 nitrogen and oxygen atoms in total. The molecule has 0 amide bonds. The standard InChI is InChI=1S/C12H15NO3/c1-15-12(14)7-16-9-3-4-10-8(6-9)2-5-11(10)13/h3-4,6,11H,2,5,7,13H2,1H3/t11-/m1/s1. The van der Waals surface area contributed by atoms with Crippen molar-refractivity contribution in [3.63, 3.8) is 0 Å². The zero-order valence-electron chi connectivity index (χ0n) is 9.23. The van der Waals surface area contributed by atoms with E-state index in [2.05, 4.69) is 4.74 Å². The average molecular weight is 221 g/mol. The lowest BCUT2D eigenvalue weighted by atomic mass is 10.1. The number of hydrogen-bond donors (Lipinski definition) is 1. The van der Waals surface area contributed by atoms with E-state index in [1.165, 1.54) is 18.2 Å². The number of methoxy groups -OCH3 is 1. The second kappa shape index (κ2) is 4.53. The Morgan fingerprint density at radius 1 is 1.56 bits per heavy atom. The number of esters is 1. The van der Waals surface area contributed by atoms with E-state index in [4.69, 9.17) is 10.5 Å². The summed E-state index contributed by atoms with van der Waals surface area (Å²) >= 11 is 0. The molecule has 86 valence electrons. The van der Waals surface area contributed by atoms with E-state index in [1.807, 2.05) is 18.2 Å². The highest BCUT2D eigenvalue weighted by atomic mass is 16.6. The molecule has 0 unspecified atom stereocenters. The molecular weight excluding hydrogens is 206 g/mol. The van der Waals surface area contributed by atoms with Crippen LogP contribution in [0.15, 0.2) is 18.2 Å². The van der Waals surface area contributed by atoms with Crippen molar-refractivity contribution in [2.75, 3.05) is 13.7 Å². The summed E-state index contributed by atoms with van der Waals surface area (Å²) < 4.78 is 9.80. The molecule has 2 N–H and O–H groups in total. The van der Waals surface area contributed by atoms with Gasteiger partial charge in [-0.3, -0.25) is 0 Å². The van der Waals surface area contributed by atoms with Crippen molar-refractivity contribution in [2.24, 2.45) is 5.73 Å².